The van der Waals surface area contributed by atoms with Crippen molar-refractivity contribution in [1.29, 1.82) is 0 Å². The average Bonchev–Trinajstić information content (AvgIpc) is 3.11. The first-order valence-corrected chi connectivity index (χ1v) is 8.70. The molecule has 1 aromatic heterocycles. The van der Waals surface area contributed by atoms with Crippen LogP contribution in [0.5, 0.6) is 0 Å². The maximum Gasteiger partial charge on any atom is 0.159 e. The molecule has 2 saturated heterocycles. The Hall–Kier alpha value is -2.27. The van der Waals surface area contributed by atoms with Crippen molar-refractivity contribution >= 4 is 11.6 Å². The van der Waals surface area contributed by atoms with E-state index in [1.54, 1.807) is 31.3 Å². The minimum absolute atomic E-state index is 0.0559. The van der Waals surface area contributed by atoms with Crippen LogP contribution in [0.1, 0.15) is 28.9 Å². The molecule has 0 saturated carbocycles. The van der Waals surface area contributed by atoms with E-state index in [0.717, 1.165) is 31.0 Å². The van der Waals surface area contributed by atoms with Crippen LogP contribution in [-0.4, -0.2) is 42.3 Å². The van der Waals surface area contributed by atoms with Gasteiger partial charge in [-0.1, -0.05) is 12.1 Å². The van der Waals surface area contributed by atoms with Gasteiger partial charge >= 0.3 is 0 Å². The summed E-state index contributed by atoms with van der Waals surface area (Å²) in [5, 5.41) is 0. The van der Waals surface area contributed by atoms with Gasteiger partial charge in [-0.3, -0.25) is 9.69 Å². The first-order valence-electron chi connectivity index (χ1n) is 8.70. The summed E-state index contributed by atoms with van der Waals surface area (Å²) in [4.78, 5) is 20.7. The van der Waals surface area contributed by atoms with Gasteiger partial charge in [0.1, 0.15) is 11.6 Å². The summed E-state index contributed by atoms with van der Waals surface area (Å²) in [6.45, 7) is 4.38. The van der Waals surface area contributed by atoms with Crippen molar-refractivity contribution in [2.24, 2.45) is 11.8 Å². The third kappa shape index (κ3) is 2.93. The second-order valence-electron chi connectivity index (χ2n) is 7.23. The van der Waals surface area contributed by atoms with Crippen LogP contribution in [0.25, 0.3) is 0 Å². The van der Waals surface area contributed by atoms with Gasteiger partial charge in [-0.2, -0.15) is 0 Å². The standard InChI is InChI=1S/C20H22FN3O/c1-13(25)14-6-7-22-19(9-14)24-11-16-10-23(2)20(18(16)12-24)15-4-3-5-17(21)8-15/h3-9,16,18,20H,10-12H2,1-2H3/t16-,18+,20-/m0/s1. The number of rotatable bonds is 3. The predicted octanol–water partition coefficient (Wildman–Crippen LogP) is 3.16. The normalized spacial score (nSPS) is 26.0. The second kappa shape index (κ2) is 6.23. The quantitative estimate of drug-likeness (QED) is 0.805. The minimum Gasteiger partial charge on any atom is -0.356 e. The monoisotopic (exact) mass is 339 g/mol. The molecule has 0 amide bonds. The number of nitrogens with zero attached hydrogens (tertiary/aromatic N) is 3. The number of halogens is 1. The van der Waals surface area contributed by atoms with Crippen molar-refractivity contribution in [2.75, 3.05) is 31.6 Å². The van der Waals surface area contributed by atoms with Crippen LogP contribution in [-0.2, 0) is 0 Å². The number of hydrogen-bond donors (Lipinski definition) is 0. The summed E-state index contributed by atoms with van der Waals surface area (Å²) in [7, 11) is 2.12. The van der Waals surface area contributed by atoms with E-state index in [0.29, 0.717) is 17.4 Å². The average molecular weight is 339 g/mol. The van der Waals surface area contributed by atoms with Gasteiger partial charge in [0, 0.05) is 43.4 Å². The molecule has 0 N–H and O–H groups in total. The molecule has 1 aromatic carbocycles. The van der Waals surface area contributed by atoms with Gasteiger partial charge < -0.3 is 4.90 Å². The third-order valence-corrected chi connectivity index (χ3v) is 5.56. The van der Waals surface area contributed by atoms with Gasteiger partial charge in [-0.25, -0.2) is 9.37 Å². The van der Waals surface area contributed by atoms with Crippen LogP contribution < -0.4 is 4.90 Å². The molecular formula is C20H22FN3O. The highest BCUT2D eigenvalue weighted by Gasteiger charge is 2.46. The number of anilines is 1. The number of ketones is 1. The smallest absolute Gasteiger partial charge is 0.159 e. The van der Waals surface area contributed by atoms with Crippen LogP contribution in [0, 0.1) is 17.7 Å². The van der Waals surface area contributed by atoms with Crippen LogP contribution in [0.2, 0.25) is 0 Å². The molecule has 2 aliphatic rings. The maximum atomic E-state index is 13.7. The highest BCUT2D eigenvalue weighted by Crippen LogP contribution is 2.44. The Morgan fingerprint density at radius 3 is 2.80 bits per heavy atom. The van der Waals surface area contributed by atoms with E-state index in [2.05, 4.69) is 21.8 Å². The fourth-order valence-electron chi connectivity index (χ4n) is 4.45. The lowest BCUT2D eigenvalue weighted by Crippen LogP contribution is -2.29. The molecule has 5 heteroatoms. The van der Waals surface area contributed by atoms with Gasteiger partial charge in [0.25, 0.3) is 0 Å². The van der Waals surface area contributed by atoms with Gasteiger partial charge in [0.05, 0.1) is 0 Å². The summed E-state index contributed by atoms with van der Waals surface area (Å²) < 4.78 is 13.7. The van der Waals surface area contributed by atoms with Crippen LogP contribution in [0.15, 0.2) is 42.6 Å². The molecule has 2 fully saturated rings. The topological polar surface area (TPSA) is 36.4 Å². The minimum atomic E-state index is -0.181. The number of likely N-dealkylation sites (tertiary alicyclic amines) is 1. The zero-order valence-corrected chi connectivity index (χ0v) is 14.5. The second-order valence-corrected chi connectivity index (χ2v) is 7.23. The molecule has 2 aromatic rings. The van der Waals surface area contributed by atoms with Crippen LogP contribution in [0.3, 0.4) is 0 Å². The Morgan fingerprint density at radius 1 is 1.20 bits per heavy atom. The number of hydrogen-bond acceptors (Lipinski definition) is 4. The van der Waals surface area contributed by atoms with Gasteiger partial charge in [-0.05, 0) is 49.7 Å². The Labute approximate surface area is 147 Å². The summed E-state index contributed by atoms with van der Waals surface area (Å²) in [6, 6.07) is 10.8. The fraction of sp³-hybridized carbons (Fsp3) is 0.400. The first-order chi connectivity index (χ1) is 12.0. The van der Waals surface area contributed by atoms with E-state index in [1.807, 2.05) is 12.1 Å². The fourth-order valence-corrected chi connectivity index (χ4v) is 4.45. The molecule has 4 nitrogen and oxygen atoms in total. The Kier molecular flexibility index (Phi) is 4.04. The zero-order chi connectivity index (χ0) is 17.6. The van der Waals surface area contributed by atoms with Crippen molar-refractivity contribution in [3.8, 4) is 0 Å². The van der Waals surface area contributed by atoms with E-state index < -0.39 is 0 Å². The van der Waals surface area contributed by atoms with Crippen molar-refractivity contribution in [3.63, 3.8) is 0 Å². The van der Waals surface area contributed by atoms with Crippen LogP contribution >= 0.6 is 0 Å². The third-order valence-electron chi connectivity index (χ3n) is 5.56. The molecule has 0 radical (unpaired) electrons. The number of fused-ring (bicyclic) bond motifs is 1. The first kappa shape index (κ1) is 16.2. The maximum absolute atomic E-state index is 13.7. The van der Waals surface area contributed by atoms with E-state index in [4.69, 9.17) is 0 Å². The molecule has 25 heavy (non-hydrogen) atoms. The van der Waals surface area contributed by atoms with Crippen molar-refractivity contribution in [1.82, 2.24) is 9.88 Å². The Balaban J connectivity index is 1.59. The van der Waals surface area contributed by atoms with E-state index in [9.17, 15) is 9.18 Å². The van der Waals surface area contributed by atoms with Crippen molar-refractivity contribution in [2.45, 2.75) is 13.0 Å². The predicted molar refractivity (Wildman–Crippen MR) is 95.2 cm³/mol. The molecule has 2 aliphatic heterocycles. The largest absolute Gasteiger partial charge is 0.356 e. The SMILES string of the molecule is CC(=O)c1ccnc(N2C[C@@H]3CN(C)[C@@H](c4cccc(F)c4)[C@@H]3C2)c1. The van der Waals surface area contributed by atoms with E-state index >= 15 is 0 Å². The summed E-state index contributed by atoms with van der Waals surface area (Å²) in [5.41, 5.74) is 1.74. The van der Waals surface area contributed by atoms with Crippen molar-refractivity contribution in [3.05, 3.63) is 59.5 Å². The Morgan fingerprint density at radius 2 is 2.04 bits per heavy atom. The van der Waals surface area contributed by atoms with Crippen molar-refractivity contribution < 1.29 is 9.18 Å². The zero-order valence-electron chi connectivity index (χ0n) is 14.5. The highest BCUT2D eigenvalue weighted by molar-refractivity contribution is 5.94. The van der Waals surface area contributed by atoms with E-state index in [-0.39, 0.29) is 17.6 Å². The van der Waals surface area contributed by atoms with Gasteiger partial charge in [0.15, 0.2) is 5.78 Å². The number of carbonyl (C=O) groups excluding carboxylic acids is 1. The number of aromatic nitrogens is 1. The van der Waals surface area contributed by atoms with E-state index in [1.165, 1.54) is 6.07 Å². The van der Waals surface area contributed by atoms with Crippen LogP contribution in [0.4, 0.5) is 10.2 Å². The Bertz CT molecular complexity index is 809. The van der Waals surface area contributed by atoms with Gasteiger partial charge in [-0.15, -0.1) is 0 Å². The molecule has 4 rings (SSSR count). The van der Waals surface area contributed by atoms with Gasteiger partial charge in [0.2, 0.25) is 0 Å². The molecular weight excluding hydrogens is 317 g/mol. The molecule has 3 heterocycles. The lowest BCUT2D eigenvalue weighted by molar-refractivity contribution is 0.101. The molecule has 0 unspecified atom stereocenters. The summed E-state index contributed by atoms with van der Waals surface area (Å²) in [6.07, 6.45) is 1.70. The molecule has 130 valence electrons. The summed E-state index contributed by atoms with van der Waals surface area (Å²) >= 11 is 0. The number of Topliss-reactive ketones (excluding diaryl/α,β-unsaturated/α-hetero) is 1. The lowest BCUT2D eigenvalue weighted by Gasteiger charge is -2.27. The number of carbonyl (C=O) groups is 1. The number of benzene rings is 1. The molecule has 0 aliphatic carbocycles. The molecule has 3 atom stereocenters. The molecule has 0 spiro atoms. The lowest BCUT2D eigenvalue weighted by atomic mass is 9.89. The summed E-state index contributed by atoms with van der Waals surface area (Å²) in [5.74, 6) is 1.71. The molecule has 0 bridgehead atoms. The number of pyridine rings is 1. The highest BCUT2D eigenvalue weighted by atomic mass is 19.1.